The van der Waals surface area contributed by atoms with Crippen LogP contribution in [0.25, 0.3) is 38.1 Å². The molecule has 0 aliphatic heterocycles. The molecule has 0 amide bonds. The maximum absolute atomic E-state index is 13.1. The zero-order chi connectivity index (χ0) is 21.5. The summed E-state index contributed by atoms with van der Waals surface area (Å²) in [5.41, 5.74) is 4.78. The van der Waals surface area contributed by atoms with Crippen LogP contribution in [0.1, 0.15) is 20.9 Å². The first-order valence-corrected chi connectivity index (χ1v) is 10.3. The van der Waals surface area contributed by atoms with Crippen LogP contribution in [0.2, 0.25) is 0 Å². The fraction of sp³-hybridized carbons (Fsp3) is 0.0400. The Balaban J connectivity index is 1.65. The van der Waals surface area contributed by atoms with Gasteiger partial charge in [0.05, 0.1) is 23.0 Å². The van der Waals surface area contributed by atoms with Gasteiger partial charge in [-0.25, -0.2) is 15.1 Å². The Morgan fingerprint density at radius 2 is 1.87 bits per heavy atom. The summed E-state index contributed by atoms with van der Waals surface area (Å²) in [7, 11) is 1.97. The minimum atomic E-state index is -0.189. The highest BCUT2D eigenvalue weighted by Gasteiger charge is 2.32. The van der Waals surface area contributed by atoms with E-state index < -0.39 is 0 Å². The molecule has 0 N–H and O–H groups in total. The predicted molar refractivity (Wildman–Crippen MR) is 122 cm³/mol. The average Bonchev–Trinajstić information content (AvgIpc) is 3.43. The fourth-order valence-electron chi connectivity index (χ4n) is 3.91. The second-order valence-electron chi connectivity index (χ2n) is 7.07. The Morgan fingerprint density at radius 1 is 1.16 bits per heavy atom. The van der Waals surface area contributed by atoms with Crippen molar-refractivity contribution in [3.05, 3.63) is 99.5 Å². The molecule has 0 saturated carbocycles. The number of hydrogen-bond acceptors (Lipinski definition) is 4. The molecule has 2 aromatic heterocycles. The van der Waals surface area contributed by atoms with Crippen LogP contribution in [-0.2, 0) is 7.05 Å². The molecule has 5 rings (SSSR count). The number of carbonyl (C=O) groups excluding carboxylic acids is 1. The molecule has 4 aromatic rings. The predicted octanol–water partition coefficient (Wildman–Crippen LogP) is 5.74. The Labute approximate surface area is 182 Å². The van der Waals surface area contributed by atoms with E-state index in [1.807, 2.05) is 35.9 Å². The third kappa shape index (κ3) is 2.90. The van der Waals surface area contributed by atoms with Gasteiger partial charge in [-0.2, -0.15) is 0 Å². The molecule has 0 fully saturated rings. The largest absolute Gasteiger partial charge is 0.328 e. The van der Waals surface area contributed by atoms with E-state index >= 15 is 0 Å². The molecular weight excluding hydrogens is 404 g/mol. The summed E-state index contributed by atoms with van der Waals surface area (Å²) in [6.45, 7) is 7.39. The van der Waals surface area contributed by atoms with E-state index in [4.69, 9.17) is 11.6 Å². The molecule has 0 atom stereocenters. The molecule has 146 valence electrons. The molecular formula is C25H14N4OS. The monoisotopic (exact) mass is 418 g/mol. The minimum Gasteiger partial charge on any atom is -0.328 e. The maximum atomic E-state index is 13.1. The Kier molecular flexibility index (Phi) is 4.36. The van der Waals surface area contributed by atoms with Gasteiger partial charge in [0, 0.05) is 23.8 Å². The number of fused-ring (bicyclic) bond motifs is 2. The van der Waals surface area contributed by atoms with Gasteiger partial charge in [-0.3, -0.25) is 4.79 Å². The van der Waals surface area contributed by atoms with E-state index in [0.717, 1.165) is 21.6 Å². The number of thiazole rings is 1. The fourth-order valence-corrected chi connectivity index (χ4v) is 4.89. The Morgan fingerprint density at radius 3 is 2.55 bits per heavy atom. The maximum Gasteiger partial charge on any atom is 0.270 e. The zero-order valence-corrected chi connectivity index (χ0v) is 17.3. The Bertz CT molecular complexity index is 1510. The van der Waals surface area contributed by atoms with E-state index in [1.165, 1.54) is 11.3 Å². The van der Waals surface area contributed by atoms with Crippen molar-refractivity contribution in [2.24, 2.45) is 7.05 Å². The van der Waals surface area contributed by atoms with E-state index in [9.17, 15) is 10.1 Å². The first-order chi connectivity index (χ1) is 15.1. The third-order valence-electron chi connectivity index (χ3n) is 5.34. The van der Waals surface area contributed by atoms with E-state index in [1.54, 1.807) is 30.3 Å². The van der Waals surface area contributed by atoms with Crippen molar-refractivity contribution in [1.82, 2.24) is 9.55 Å². The number of hydrogen-bond donors (Lipinski definition) is 0. The first-order valence-electron chi connectivity index (χ1n) is 9.52. The summed E-state index contributed by atoms with van der Waals surface area (Å²) >= 11 is 1.48. The smallest absolute Gasteiger partial charge is 0.270 e. The topological polar surface area (TPSA) is 63.0 Å². The van der Waals surface area contributed by atoms with Crippen molar-refractivity contribution < 1.29 is 4.79 Å². The molecule has 2 heterocycles. The number of rotatable bonds is 2. The number of nitrogens with zero attached hydrogens (tertiary/aromatic N) is 4. The van der Waals surface area contributed by atoms with Gasteiger partial charge in [0.15, 0.2) is 11.4 Å². The van der Waals surface area contributed by atoms with Crippen LogP contribution in [-0.4, -0.2) is 15.3 Å². The number of Topliss-reactive ketones (excluding diaryl/α,β-unsaturated/α-hetero) is 1. The summed E-state index contributed by atoms with van der Waals surface area (Å²) in [6, 6.07) is 21.2. The summed E-state index contributed by atoms with van der Waals surface area (Å²) in [6.07, 6.45) is 1.70. The number of allylic oxidation sites excluding steroid dienone is 3. The van der Waals surface area contributed by atoms with Gasteiger partial charge in [0.1, 0.15) is 5.01 Å². The molecule has 5 nitrogen and oxygen atoms in total. The lowest BCUT2D eigenvalue weighted by Gasteiger charge is -2.03. The van der Waals surface area contributed by atoms with Crippen LogP contribution in [0.5, 0.6) is 0 Å². The number of aromatic nitrogens is 2. The van der Waals surface area contributed by atoms with Gasteiger partial charge in [0.25, 0.3) is 5.70 Å². The number of carbonyl (C=O) groups is 1. The molecule has 6 heteroatoms. The lowest BCUT2D eigenvalue weighted by atomic mass is 10.0. The van der Waals surface area contributed by atoms with Crippen molar-refractivity contribution in [3.8, 4) is 17.3 Å². The zero-order valence-electron chi connectivity index (χ0n) is 16.5. The standard InChI is InChI=1S/C25H14N4OS/c1-27-19(14-26)23-16-10-6-7-11-17(16)24(30)18(23)12-22-28-25-21(31-22)13-20(29(25)2)15-8-4-3-5-9-15/h3-13H,2H3/b18-12-,23-19-. The van der Waals surface area contributed by atoms with Crippen LogP contribution >= 0.6 is 11.3 Å². The third-order valence-corrected chi connectivity index (χ3v) is 6.28. The van der Waals surface area contributed by atoms with Gasteiger partial charge in [-0.15, -0.1) is 11.3 Å². The average molecular weight is 418 g/mol. The summed E-state index contributed by atoms with van der Waals surface area (Å²) in [5.74, 6) is -0.189. The van der Waals surface area contributed by atoms with Gasteiger partial charge in [-0.05, 0) is 23.3 Å². The van der Waals surface area contributed by atoms with Crippen LogP contribution in [0.15, 0.2) is 71.9 Å². The van der Waals surface area contributed by atoms with E-state index in [-0.39, 0.29) is 11.5 Å². The van der Waals surface area contributed by atoms with Crippen molar-refractivity contribution in [3.63, 3.8) is 0 Å². The lowest BCUT2D eigenvalue weighted by Crippen LogP contribution is -1.96. The number of benzene rings is 2. The van der Waals surface area contributed by atoms with Crippen LogP contribution < -0.4 is 0 Å². The second kappa shape index (κ2) is 7.21. The molecule has 0 spiro atoms. The summed E-state index contributed by atoms with van der Waals surface area (Å²) in [5, 5.41) is 10.1. The Hall–Kier alpha value is -4.26. The number of aryl methyl sites for hydroxylation is 1. The summed E-state index contributed by atoms with van der Waals surface area (Å²) < 4.78 is 3.04. The van der Waals surface area contributed by atoms with E-state index in [2.05, 4.69) is 23.0 Å². The van der Waals surface area contributed by atoms with Gasteiger partial charge >= 0.3 is 0 Å². The number of ketones is 1. The lowest BCUT2D eigenvalue weighted by molar-refractivity contribution is 0.104. The molecule has 31 heavy (non-hydrogen) atoms. The van der Waals surface area contributed by atoms with Crippen molar-refractivity contribution >= 4 is 39.1 Å². The SMILES string of the molecule is [C-]#[N+]/C(C#N)=C1\C(=C\c2nc3c(cc(-c4ccccc4)n3C)s2)C(=O)c2ccccc21. The summed E-state index contributed by atoms with van der Waals surface area (Å²) in [4.78, 5) is 21.2. The van der Waals surface area contributed by atoms with Gasteiger partial charge in [-0.1, -0.05) is 54.6 Å². The van der Waals surface area contributed by atoms with Crippen molar-refractivity contribution in [2.75, 3.05) is 0 Å². The van der Waals surface area contributed by atoms with Crippen molar-refractivity contribution in [2.45, 2.75) is 0 Å². The normalized spacial score (nSPS) is 15.7. The minimum absolute atomic E-state index is 0.0861. The number of nitriles is 1. The molecule has 1 aliphatic carbocycles. The molecule has 1 aliphatic rings. The van der Waals surface area contributed by atoms with Crippen LogP contribution in [0.4, 0.5) is 0 Å². The highest BCUT2D eigenvalue weighted by atomic mass is 32.1. The molecule has 0 bridgehead atoms. The molecule has 2 aromatic carbocycles. The molecule has 0 saturated heterocycles. The second-order valence-corrected chi connectivity index (χ2v) is 8.14. The van der Waals surface area contributed by atoms with Gasteiger partial charge < -0.3 is 4.57 Å². The highest BCUT2D eigenvalue weighted by molar-refractivity contribution is 7.19. The van der Waals surface area contributed by atoms with Gasteiger partial charge in [0.2, 0.25) is 0 Å². The van der Waals surface area contributed by atoms with Crippen molar-refractivity contribution in [1.29, 1.82) is 5.26 Å². The quantitative estimate of drug-likeness (QED) is 0.237. The van der Waals surface area contributed by atoms with Crippen LogP contribution in [0.3, 0.4) is 0 Å². The highest BCUT2D eigenvalue weighted by Crippen LogP contribution is 2.41. The molecule has 0 unspecified atom stereocenters. The first kappa shape index (κ1) is 18.7. The molecule has 0 radical (unpaired) electrons. The van der Waals surface area contributed by atoms with Crippen LogP contribution in [0, 0.1) is 17.9 Å². The van der Waals surface area contributed by atoms with E-state index in [0.29, 0.717) is 27.3 Å².